The maximum absolute atomic E-state index is 13.3. The van der Waals surface area contributed by atoms with Crippen LogP contribution in [0.15, 0.2) is 41.6 Å². The topological polar surface area (TPSA) is 90.4 Å². The number of benzene rings is 1. The van der Waals surface area contributed by atoms with Gasteiger partial charge in [-0.3, -0.25) is 4.98 Å². The van der Waals surface area contributed by atoms with Gasteiger partial charge >= 0.3 is 0 Å². The Morgan fingerprint density at radius 1 is 1.15 bits per heavy atom. The summed E-state index contributed by atoms with van der Waals surface area (Å²) in [5, 5.41) is 0. The molecule has 0 aliphatic heterocycles. The summed E-state index contributed by atoms with van der Waals surface area (Å²) in [6.45, 7) is 0. The highest BCUT2D eigenvalue weighted by molar-refractivity contribution is 7.89. The van der Waals surface area contributed by atoms with E-state index in [0.29, 0.717) is 37.4 Å². The number of halogens is 1. The monoisotopic (exact) mass is 381 g/mol. The van der Waals surface area contributed by atoms with Gasteiger partial charge in [-0.25, -0.2) is 17.5 Å². The van der Waals surface area contributed by atoms with Gasteiger partial charge in [-0.2, -0.15) is 4.98 Å². The molecule has 140 valence electrons. The summed E-state index contributed by atoms with van der Waals surface area (Å²) < 4.78 is 51.4. The summed E-state index contributed by atoms with van der Waals surface area (Å²) in [6, 6.07) is 4.77. The van der Waals surface area contributed by atoms with Crippen LogP contribution in [0.5, 0.6) is 11.8 Å². The smallest absolute Gasteiger partial charge is 0.240 e. The fourth-order valence-electron chi connectivity index (χ4n) is 2.88. The van der Waals surface area contributed by atoms with Crippen molar-refractivity contribution >= 4 is 10.0 Å². The Morgan fingerprint density at radius 2 is 1.88 bits per heavy atom. The van der Waals surface area contributed by atoms with Crippen LogP contribution in [0, 0.1) is 5.82 Å². The summed E-state index contributed by atoms with van der Waals surface area (Å²) in [7, 11) is -2.23. The minimum atomic E-state index is -3.74. The lowest BCUT2D eigenvalue weighted by Gasteiger charge is -2.29. The van der Waals surface area contributed by atoms with Crippen LogP contribution >= 0.6 is 0 Å². The van der Waals surface area contributed by atoms with Gasteiger partial charge in [0.1, 0.15) is 11.9 Å². The SMILES string of the molecule is COc1cncc(OC2CCC(NS(=O)(=O)c3cccc(F)c3)CC2)n1. The molecule has 1 aliphatic carbocycles. The summed E-state index contributed by atoms with van der Waals surface area (Å²) in [4.78, 5) is 8.08. The molecule has 3 rings (SSSR count). The molecule has 1 heterocycles. The maximum Gasteiger partial charge on any atom is 0.240 e. The molecule has 0 amide bonds. The second kappa shape index (κ2) is 7.96. The van der Waals surface area contributed by atoms with Crippen LogP contribution in [0.25, 0.3) is 0 Å². The van der Waals surface area contributed by atoms with Crippen molar-refractivity contribution < 1.29 is 22.3 Å². The van der Waals surface area contributed by atoms with Crippen molar-refractivity contribution in [2.75, 3.05) is 7.11 Å². The number of nitrogens with zero attached hydrogens (tertiary/aromatic N) is 2. The van der Waals surface area contributed by atoms with Gasteiger partial charge in [-0.1, -0.05) is 6.07 Å². The first-order chi connectivity index (χ1) is 12.5. The van der Waals surface area contributed by atoms with Crippen molar-refractivity contribution in [3.63, 3.8) is 0 Å². The van der Waals surface area contributed by atoms with Crippen LogP contribution < -0.4 is 14.2 Å². The highest BCUT2D eigenvalue weighted by atomic mass is 32.2. The number of hydrogen-bond acceptors (Lipinski definition) is 6. The number of hydrogen-bond donors (Lipinski definition) is 1. The van der Waals surface area contributed by atoms with Crippen LogP contribution in [-0.4, -0.2) is 37.6 Å². The van der Waals surface area contributed by atoms with E-state index < -0.39 is 15.8 Å². The first kappa shape index (κ1) is 18.5. The molecule has 2 aromatic rings. The van der Waals surface area contributed by atoms with Crippen LogP contribution in [0.1, 0.15) is 25.7 Å². The van der Waals surface area contributed by atoms with E-state index in [-0.39, 0.29) is 17.0 Å². The van der Waals surface area contributed by atoms with E-state index >= 15 is 0 Å². The maximum atomic E-state index is 13.3. The molecule has 1 aliphatic rings. The third-order valence-corrected chi connectivity index (χ3v) is 5.71. The minimum Gasteiger partial charge on any atom is -0.480 e. The number of aromatic nitrogens is 2. The van der Waals surface area contributed by atoms with E-state index in [1.54, 1.807) is 0 Å². The second-order valence-electron chi connectivity index (χ2n) is 6.07. The molecule has 1 aromatic carbocycles. The minimum absolute atomic E-state index is 0.0636. The van der Waals surface area contributed by atoms with Crippen LogP contribution in [-0.2, 0) is 10.0 Å². The molecule has 7 nitrogen and oxygen atoms in total. The summed E-state index contributed by atoms with van der Waals surface area (Å²) in [6.07, 6.45) is 5.54. The third-order valence-electron chi connectivity index (χ3n) is 4.19. The Kier molecular flexibility index (Phi) is 5.67. The van der Waals surface area contributed by atoms with Gasteiger partial charge in [0.15, 0.2) is 0 Å². The highest BCUT2D eigenvalue weighted by Crippen LogP contribution is 2.24. The van der Waals surface area contributed by atoms with Crippen molar-refractivity contribution in [2.24, 2.45) is 0 Å². The zero-order valence-corrected chi connectivity index (χ0v) is 15.1. The fourth-order valence-corrected chi connectivity index (χ4v) is 4.21. The quantitative estimate of drug-likeness (QED) is 0.826. The van der Waals surface area contributed by atoms with Crippen molar-refractivity contribution in [1.29, 1.82) is 0 Å². The van der Waals surface area contributed by atoms with Crippen molar-refractivity contribution in [3.8, 4) is 11.8 Å². The lowest BCUT2D eigenvalue weighted by Crippen LogP contribution is -2.39. The zero-order valence-electron chi connectivity index (χ0n) is 14.3. The standard InChI is InChI=1S/C17H20FN3O4S/c1-24-16-10-19-11-17(20-16)25-14-7-5-13(6-8-14)21-26(22,23)15-4-2-3-12(18)9-15/h2-4,9-11,13-14,21H,5-8H2,1H3. The Labute approximate surface area is 151 Å². The second-order valence-corrected chi connectivity index (χ2v) is 7.78. The number of nitrogens with one attached hydrogen (secondary N) is 1. The lowest BCUT2D eigenvalue weighted by molar-refractivity contribution is 0.136. The van der Waals surface area contributed by atoms with E-state index in [0.717, 1.165) is 6.07 Å². The first-order valence-corrected chi connectivity index (χ1v) is 9.75. The van der Waals surface area contributed by atoms with Gasteiger partial charge in [-0.05, 0) is 43.9 Å². The third kappa shape index (κ3) is 4.67. The van der Waals surface area contributed by atoms with Gasteiger partial charge in [-0.15, -0.1) is 0 Å². The normalized spacial score (nSPS) is 20.5. The molecule has 1 saturated carbocycles. The Morgan fingerprint density at radius 3 is 2.58 bits per heavy atom. The Balaban J connectivity index is 1.55. The molecule has 1 fully saturated rings. The average molecular weight is 381 g/mol. The van der Waals surface area contributed by atoms with E-state index in [1.165, 1.54) is 37.7 Å². The number of ether oxygens (including phenoxy) is 2. The number of sulfonamides is 1. The molecule has 0 saturated heterocycles. The van der Waals surface area contributed by atoms with Gasteiger partial charge in [0.05, 0.1) is 24.4 Å². The van der Waals surface area contributed by atoms with E-state index in [9.17, 15) is 12.8 Å². The zero-order chi connectivity index (χ0) is 18.6. The number of methoxy groups -OCH3 is 1. The molecule has 0 bridgehead atoms. The van der Waals surface area contributed by atoms with E-state index in [2.05, 4.69) is 14.7 Å². The predicted octanol–water partition coefficient (Wildman–Crippen LogP) is 2.29. The Bertz CT molecular complexity index is 855. The van der Waals surface area contributed by atoms with Crippen LogP contribution in [0.2, 0.25) is 0 Å². The summed E-state index contributed by atoms with van der Waals surface area (Å²) >= 11 is 0. The summed E-state index contributed by atoms with van der Waals surface area (Å²) in [5.41, 5.74) is 0. The van der Waals surface area contributed by atoms with E-state index in [4.69, 9.17) is 9.47 Å². The summed E-state index contributed by atoms with van der Waals surface area (Å²) in [5.74, 6) is 0.177. The average Bonchev–Trinajstić information content (AvgIpc) is 2.63. The van der Waals surface area contributed by atoms with Gasteiger partial charge in [0, 0.05) is 6.04 Å². The fraction of sp³-hybridized carbons (Fsp3) is 0.412. The molecule has 0 unspecified atom stereocenters. The van der Waals surface area contributed by atoms with Crippen LogP contribution in [0.4, 0.5) is 4.39 Å². The molecule has 0 atom stereocenters. The molecule has 9 heteroatoms. The molecular formula is C17H20FN3O4S. The van der Waals surface area contributed by atoms with Crippen LogP contribution in [0.3, 0.4) is 0 Å². The molecule has 0 spiro atoms. The Hall–Kier alpha value is -2.26. The molecule has 0 radical (unpaired) electrons. The number of rotatable bonds is 6. The van der Waals surface area contributed by atoms with Crippen molar-refractivity contribution in [3.05, 3.63) is 42.5 Å². The molecule has 26 heavy (non-hydrogen) atoms. The van der Waals surface area contributed by atoms with Crippen molar-refractivity contribution in [2.45, 2.75) is 42.7 Å². The first-order valence-electron chi connectivity index (χ1n) is 8.27. The molecular weight excluding hydrogens is 361 g/mol. The lowest BCUT2D eigenvalue weighted by atomic mass is 9.94. The predicted molar refractivity (Wildman–Crippen MR) is 92.0 cm³/mol. The van der Waals surface area contributed by atoms with Gasteiger partial charge in [0.25, 0.3) is 0 Å². The highest BCUT2D eigenvalue weighted by Gasteiger charge is 2.27. The molecule has 1 N–H and O–H groups in total. The van der Waals surface area contributed by atoms with E-state index in [1.807, 2.05) is 0 Å². The van der Waals surface area contributed by atoms with Crippen molar-refractivity contribution in [1.82, 2.24) is 14.7 Å². The van der Waals surface area contributed by atoms with Gasteiger partial charge < -0.3 is 9.47 Å². The largest absolute Gasteiger partial charge is 0.480 e. The van der Waals surface area contributed by atoms with Gasteiger partial charge in [0.2, 0.25) is 21.8 Å². The molecule has 1 aromatic heterocycles.